The molecule has 0 aromatic heterocycles. The fourth-order valence-corrected chi connectivity index (χ4v) is 1.93. The van der Waals surface area contributed by atoms with Gasteiger partial charge in [-0.2, -0.15) is 0 Å². The summed E-state index contributed by atoms with van der Waals surface area (Å²) in [5, 5.41) is 0. The van der Waals surface area contributed by atoms with E-state index in [0.717, 1.165) is 4.47 Å². The molecule has 1 aromatic carbocycles. The van der Waals surface area contributed by atoms with Gasteiger partial charge in [-0.3, -0.25) is 4.79 Å². The molecule has 0 atom stereocenters. The molecule has 0 fully saturated rings. The molecule has 6 heteroatoms. The molecule has 0 aliphatic carbocycles. The van der Waals surface area contributed by atoms with Crippen LogP contribution in [0.5, 0.6) is 5.75 Å². The van der Waals surface area contributed by atoms with Crippen molar-refractivity contribution in [2.75, 3.05) is 13.7 Å². The summed E-state index contributed by atoms with van der Waals surface area (Å²) in [6.07, 6.45) is 0. The Hall–Kier alpha value is -1.14. The number of carbonyl (C=O) groups is 1. The van der Waals surface area contributed by atoms with E-state index >= 15 is 0 Å². The van der Waals surface area contributed by atoms with Gasteiger partial charge in [0.2, 0.25) is 0 Å². The Bertz CT molecular complexity index is 503. The number of ether oxygens (including phenoxy) is 2. The molecule has 0 heterocycles. The third-order valence-corrected chi connectivity index (χ3v) is 3.25. The lowest BCUT2D eigenvalue weighted by atomic mass is 9.95. The lowest BCUT2D eigenvalue weighted by Crippen LogP contribution is -2.32. The van der Waals surface area contributed by atoms with Gasteiger partial charge in [0.05, 0.1) is 18.1 Å². The first kappa shape index (κ1) is 15.9. The second-order valence-electron chi connectivity index (χ2n) is 4.67. The van der Waals surface area contributed by atoms with E-state index in [9.17, 15) is 4.79 Å². The van der Waals surface area contributed by atoms with E-state index in [-0.39, 0.29) is 17.6 Å². The molecule has 0 spiro atoms. The van der Waals surface area contributed by atoms with Crippen molar-refractivity contribution in [2.24, 2.45) is 11.1 Å². The van der Waals surface area contributed by atoms with Gasteiger partial charge >= 0.3 is 5.97 Å². The predicted octanol–water partition coefficient (Wildman–Crippen LogP) is 2.66. The van der Waals surface area contributed by atoms with E-state index in [2.05, 4.69) is 15.9 Å². The summed E-state index contributed by atoms with van der Waals surface area (Å²) in [4.78, 5) is 11.8. The Labute approximate surface area is 126 Å². The first-order valence-electron chi connectivity index (χ1n) is 5.58. The molecule has 0 saturated carbocycles. The predicted molar refractivity (Wildman–Crippen MR) is 81.3 cm³/mol. The lowest BCUT2D eigenvalue weighted by molar-refractivity contribution is -0.152. The maximum atomic E-state index is 11.6. The zero-order chi connectivity index (χ0) is 14.6. The van der Waals surface area contributed by atoms with E-state index in [0.29, 0.717) is 11.3 Å². The zero-order valence-electron chi connectivity index (χ0n) is 11.0. The summed E-state index contributed by atoms with van der Waals surface area (Å²) in [7, 11) is 1.35. The third-order valence-electron chi connectivity index (χ3n) is 2.53. The molecule has 0 bridgehead atoms. The normalized spacial score (nSPS) is 10.9. The first-order chi connectivity index (χ1) is 8.77. The van der Waals surface area contributed by atoms with Crippen molar-refractivity contribution < 1.29 is 14.3 Å². The summed E-state index contributed by atoms with van der Waals surface area (Å²) in [6.45, 7) is 3.67. The Morgan fingerprint density at radius 3 is 2.63 bits per heavy atom. The second kappa shape index (κ2) is 6.34. The molecule has 0 radical (unpaired) electrons. The van der Waals surface area contributed by atoms with Crippen LogP contribution < -0.4 is 10.5 Å². The number of benzene rings is 1. The molecule has 0 aliphatic rings. The lowest BCUT2D eigenvalue weighted by Gasteiger charge is -2.22. The Balaban J connectivity index is 2.89. The Morgan fingerprint density at radius 1 is 1.47 bits per heavy atom. The van der Waals surface area contributed by atoms with Crippen LogP contribution in [0.3, 0.4) is 0 Å². The fraction of sp³-hybridized carbons (Fsp3) is 0.385. The summed E-state index contributed by atoms with van der Waals surface area (Å²) < 4.78 is 11.2. The third kappa shape index (κ3) is 4.18. The number of rotatable bonds is 5. The molecular weight excluding hydrogens is 330 g/mol. The van der Waals surface area contributed by atoms with Crippen LogP contribution in [0.15, 0.2) is 22.7 Å². The van der Waals surface area contributed by atoms with Gasteiger partial charge in [0.15, 0.2) is 0 Å². The minimum absolute atomic E-state index is 0.177. The van der Waals surface area contributed by atoms with Gasteiger partial charge in [-0.15, -0.1) is 0 Å². The minimum atomic E-state index is -0.741. The molecule has 0 aliphatic heterocycles. The first-order valence-corrected chi connectivity index (χ1v) is 6.78. The van der Waals surface area contributed by atoms with Crippen molar-refractivity contribution in [1.82, 2.24) is 0 Å². The number of esters is 1. The maximum absolute atomic E-state index is 11.6. The molecule has 104 valence electrons. The highest BCUT2D eigenvalue weighted by Crippen LogP contribution is 2.26. The quantitative estimate of drug-likeness (QED) is 0.656. The van der Waals surface area contributed by atoms with Crippen molar-refractivity contribution >= 4 is 39.1 Å². The van der Waals surface area contributed by atoms with Crippen LogP contribution >= 0.6 is 28.1 Å². The highest BCUT2D eigenvalue weighted by atomic mass is 79.9. The smallest absolute Gasteiger partial charge is 0.314 e. The SMILES string of the molecule is COC(=O)C(C)(C)COc1ccc(Br)cc1C(N)=S. The van der Waals surface area contributed by atoms with Gasteiger partial charge in [0, 0.05) is 4.47 Å². The maximum Gasteiger partial charge on any atom is 0.314 e. The topological polar surface area (TPSA) is 61.5 Å². The monoisotopic (exact) mass is 345 g/mol. The molecule has 19 heavy (non-hydrogen) atoms. The Morgan fingerprint density at radius 2 is 2.11 bits per heavy atom. The molecule has 0 saturated heterocycles. The number of carbonyl (C=O) groups excluding carboxylic acids is 1. The van der Waals surface area contributed by atoms with E-state index in [1.165, 1.54) is 7.11 Å². The van der Waals surface area contributed by atoms with Crippen molar-refractivity contribution in [3.63, 3.8) is 0 Å². The van der Waals surface area contributed by atoms with E-state index < -0.39 is 5.41 Å². The van der Waals surface area contributed by atoms with Gasteiger partial charge in [-0.1, -0.05) is 28.1 Å². The van der Waals surface area contributed by atoms with Gasteiger partial charge in [-0.25, -0.2) is 0 Å². The molecular formula is C13H16BrNO3S. The van der Waals surface area contributed by atoms with Crippen molar-refractivity contribution in [3.05, 3.63) is 28.2 Å². The molecule has 2 N–H and O–H groups in total. The summed E-state index contributed by atoms with van der Waals surface area (Å²) >= 11 is 8.32. The summed E-state index contributed by atoms with van der Waals surface area (Å²) in [6, 6.07) is 5.36. The summed E-state index contributed by atoms with van der Waals surface area (Å²) in [5.74, 6) is 0.217. The molecule has 1 rings (SSSR count). The molecule has 4 nitrogen and oxygen atoms in total. The van der Waals surface area contributed by atoms with Crippen LogP contribution in [0.2, 0.25) is 0 Å². The zero-order valence-corrected chi connectivity index (χ0v) is 13.4. The van der Waals surface area contributed by atoms with Crippen LogP contribution in [0.4, 0.5) is 0 Å². The van der Waals surface area contributed by atoms with E-state index in [4.69, 9.17) is 27.4 Å². The second-order valence-corrected chi connectivity index (χ2v) is 6.02. The number of hydrogen-bond acceptors (Lipinski definition) is 4. The van der Waals surface area contributed by atoms with E-state index in [1.54, 1.807) is 26.0 Å². The summed E-state index contributed by atoms with van der Waals surface area (Å²) in [5.41, 5.74) is 5.54. The van der Waals surface area contributed by atoms with Crippen molar-refractivity contribution in [2.45, 2.75) is 13.8 Å². The van der Waals surface area contributed by atoms with Crippen LogP contribution in [-0.4, -0.2) is 24.7 Å². The average molecular weight is 346 g/mol. The van der Waals surface area contributed by atoms with Crippen LogP contribution in [0, 0.1) is 5.41 Å². The molecule has 1 aromatic rings. The minimum Gasteiger partial charge on any atom is -0.492 e. The highest BCUT2D eigenvalue weighted by Gasteiger charge is 2.30. The van der Waals surface area contributed by atoms with E-state index in [1.807, 2.05) is 6.07 Å². The molecule has 0 unspecified atom stereocenters. The average Bonchev–Trinajstić information content (AvgIpc) is 2.36. The number of hydrogen-bond donors (Lipinski definition) is 1. The number of nitrogens with two attached hydrogens (primary N) is 1. The van der Waals surface area contributed by atoms with Crippen LogP contribution in [0.25, 0.3) is 0 Å². The largest absolute Gasteiger partial charge is 0.492 e. The number of methoxy groups -OCH3 is 1. The van der Waals surface area contributed by atoms with Crippen LogP contribution in [-0.2, 0) is 9.53 Å². The Kier molecular flexibility index (Phi) is 5.31. The van der Waals surface area contributed by atoms with Gasteiger partial charge in [0.25, 0.3) is 0 Å². The van der Waals surface area contributed by atoms with Gasteiger partial charge in [-0.05, 0) is 32.0 Å². The molecule has 0 amide bonds. The van der Waals surface area contributed by atoms with Crippen LogP contribution in [0.1, 0.15) is 19.4 Å². The van der Waals surface area contributed by atoms with Crippen molar-refractivity contribution in [3.8, 4) is 5.75 Å². The van der Waals surface area contributed by atoms with Gasteiger partial charge in [0.1, 0.15) is 17.3 Å². The number of halogens is 1. The highest BCUT2D eigenvalue weighted by molar-refractivity contribution is 9.10. The fourth-order valence-electron chi connectivity index (χ4n) is 1.41. The number of thiocarbonyl (C=S) groups is 1. The standard InChI is InChI=1S/C13H16BrNO3S/c1-13(2,12(16)17-3)7-18-10-5-4-8(14)6-9(10)11(15)19/h4-6H,7H2,1-3H3,(H2,15,19). The van der Waals surface area contributed by atoms with Gasteiger partial charge < -0.3 is 15.2 Å². The van der Waals surface area contributed by atoms with Crippen molar-refractivity contribution in [1.29, 1.82) is 0 Å².